The van der Waals surface area contributed by atoms with Gasteiger partial charge >= 0.3 is 0 Å². The molecule has 2 aromatic heterocycles. The lowest BCUT2D eigenvalue weighted by Crippen LogP contribution is -2.14. The Bertz CT molecular complexity index is 1180. The Morgan fingerprint density at radius 3 is 2.67 bits per heavy atom. The number of benzene rings is 2. The number of amides is 1. The van der Waals surface area contributed by atoms with E-state index in [0.717, 1.165) is 22.4 Å². The van der Waals surface area contributed by atoms with E-state index in [4.69, 9.17) is 4.52 Å². The van der Waals surface area contributed by atoms with Gasteiger partial charge in [-0.25, -0.2) is 0 Å². The van der Waals surface area contributed by atoms with Crippen molar-refractivity contribution in [1.29, 1.82) is 0 Å². The van der Waals surface area contributed by atoms with E-state index >= 15 is 0 Å². The molecular weight excluding hydrogens is 400 g/mol. The molecule has 0 bridgehead atoms. The Hall–Kier alpha value is -3.46. The number of rotatable bonds is 6. The van der Waals surface area contributed by atoms with Crippen LogP contribution >= 0.6 is 11.8 Å². The minimum Gasteiger partial charge on any atom is -0.330 e. The van der Waals surface area contributed by atoms with Crippen LogP contribution in [0.1, 0.15) is 11.1 Å². The van der Waals surface area contributed by atoms with Gasteiger partial charge in [0.05, 0.1) is 5.75 Å². The maximum atomic E-state index is 12.2. The molecular formula is C21H20N6O2S. The fourth-order valence-electron chi connectivity index (χ4n) is 2.81. The number of carbonyl (C=O) groups excluding carboxylic acids is 1. The van der Waals surface area contributed by atoms with Crippen molar-refractivity contribution in [3.8, 4) is 23.1 Å². The van der Waals surface area contributed by atoms with E-state index in [-0.39, 0.29) is 17.6 Å². The Kier molecular flexibility index (Phi) is 5.62. The first-order valence-corrected chi connectivity index (χ1v) is 10.3. The maximum Gasteiger partial charge on any atom is 0.296 e. The van der Waals surface area contributed by atoms with Gasteiger partial charge < -0.3 is 14.4 Å². The molecule has 2 heterocycles. The van der Waals surface area contributed by atoms with Gasteiger partial charge in [-0.15, -0.1) is 10.2 Å². The minimum atomic E-state index is -0.116. The van der Waals surface area contributed by atoms with Crippen LogP contribution in [0.25, 0.3) is 23.1 Å². The zero-order valence-electron chi connectivity index (χ0n) is 16.8. The molecule has 1 N–H and O–H groups in total. The van der Waals surface area contributed by atoms with Gasteiger partial charge in [-0.1, -0.05) is 58.9 Å². The van der Waals surface area contributed by atoms with E-state index in [9.17, 15) is 4.79 Å². The molecule has 152 valence electrons. The molecule has 2 aromatic carbocycles. The standard InChI is InChI=1S/C21H20N6O2S/c1-13-7-9-15(10-8-13)18-23-20(29-26-18)19-24-25-21(27(19)3)30-12-17(28)22-16-6-4-5-14(2)11-16/h4-11H,12H2,1-3H3,(H,22,28). The summed E-state index contributed by atoms with van der Waals surface area (Å²) in [6, 6.07) is 15.5. The number of carbonyl (C=O) groups is 1. The van der Waals surface area contributed by atoms with Gasteiger partial charge in [0.25, 0.3) is 5.89 Å². The quantitative estimate of drug-likeness (QED) is 0.473. The van der Waals surface area contributed by atoms with Crippen LogP contribution in [-0.2, 0) is 11.8 Å². The van der Waals surface area contributed by atoms with E-state index in [1.54, 1.807) is 11.6 Å². The number of aromatic nitrogens is 5. The number of aryl methyl sites for hydroxylation is 2. The summed E-state index contributed by atoms with van der Waals surface area (Å²) in [5.41, 5.74) is 3.88. The van der Waals surface area contributed by atoms with Crippen LogP contribution < -0.4 is 5.32 Å². The first-order valence-electron chi connectivity index (χ1n) is 9.29. The number of nitrogens with zero attached hydrogens (tertiary/aromatic N) is 5. The molecule has 0 aliphatic rings. The van der Waals surface area contributed by atoms with E-state index in [1.807, 2.05) is 62.4 Å². The van der Waals surface area contributed by atoms with Crippen molar-refractivity contribution >= 4 is 23.4 Å². The van der Waals surface area contributed by atoms with E-state index in [1.165, 1.54) is 11.8 Å². The smallest absolute Gasteiger partial charge is 0.296 e. The number of hydrogen-bond acceptors (Lipinski definition) is 7. The molecule has 1 amide bonds. The van der Waals surface area contributed by atoms with Crippen LogP contribution in [0.5, 0.6) is 0 Å². The van der Waals surface area contributed by atoms with Crippen molar-refractivity contribution in [1.82, 2.24) is 24.9 Å². The lowest BCUT2D eigenvalue weighted by Gasteiger charge is -2.05. The van der Waals surface area contributed by atoms with E-state index in [0.29, 0.717) is 16.8 Å². The van der Waals surface area contributed by atoms with Crippen LogP contribution in [-0.4, -0.2) is 36.6 Å². The van der Waals surface area contributed by atoms with E-state index in [2.05, 4.69) is 25.7 Å². The zero-order chi connectivity index (χ0) is 21.1. The van der Waals surface area contributed by atoms with Crippen molar-refractivity contribution < 1.29 is 9.32 Å². The van der Waals surface area contributed by atoms with Crippen LogP contribution in [0.15, 0.2) is 58.2 Å². The van der Waals surface area contributed by atoms with Gasteiger partial charge in [-0.3, -0.25) is 4.79 Å². The van der Waals surface area contributed by atoms with Crippen LogP contribution in [0.2, 0.25) is 0 Å². The highest BCUT2D eigenvalue weighted by molar-refractivity contribution is 7.99. The second-order valence-corrected chi connectivity index (χ2v) is 7.80. The van der Waals surface area contributed by atoms with Crippen molar-refractivity contribution in [2.75, 3.05) is 11.1 Å². The van der Waals surface area contributed by atoms with Gasteiger partial charge in [-0.05, 0) is 31.5 Å². The summed E-state index contributed by atoms with van der Waals surface area (Å²) < 4.78 is 7.11. The topological polar surface area (TPSA) is 98.7 Å². The highest BCUT2D eigenvalue weighted by Gasteiger charge is 2.19. The summed E-state index contributed by atoms with van der Waals surface area (Å²) in [6.45, 7) is 4.00. The van der Waals surface area contributed by atoms with Gasteiger partial charge in [0.1, 0.15) is 0 Å². The molecule has 0 unspecified atom stereocenters. The fraction of sp³-hybridized carbons (Fsp3) is 0.190. The van der Waals surface area contributed by atoms with Gasteiger partial charge in [0.15, 0.2) is 5.16 Å². The van der Waals surface area contributed by atoms with Crippen LogP contribution in [0, 0.1) is 13.8 Å². The lowest BCUT2D eigenvalue weighted by molar-refractivity contribution is -0.113. The number of anilines is 1. The molecule has 0 spiro atoms. The zero-order valence-corrected chi connectivity index (χ0v) is 17.6. The molecule has 30 heavy (non-hydrogen) atoms. The molecule has 8 nitrogen and oxygen atoms in total. The van der Waals surface area contributed by atoms with Crippen LogP contribution in [0.3, 0.4) is 0 Å². The highest BCUT2D eigenvalue weighted by Crippen LogP contribution is 2.24. The second-order valence-electron chi connectivity index (χ2n) is 6.86. The summed E-state index contributed by atoms with van der Waals surface area (Å²) in [7, 11) is 1.80. The number of hydrogen-bond donors (Lipinski definition) is 1. The SMILES string of the molecule is Cc1ccc(-c2noc(-c3nnc(SCC(=O)Nc4cccc(C)c4)n3C)n2)cc1. The summed E-state index contributed by atoms with van der Waals surface area (Å²) in [4.78, 5) is 16.7. The highest BCUT2D eigenvalue weighted by atomic mass is 32.2. The average Bonchev–Trinajstić information content (AvgIpc) is 3.34. The molecule has 0 fully saturated rings. The second kappa shape index (κ2) is 8.50. The molecule has 0 aliphatic carbocycles. The molecule has 0 atom stereocenters. The van der Waals surface area contributed by atoms with Crippen molar-refractivity contribution in [2.45, 2.75) is 19.0 Å². The molecule has 9 heteroatoms. The van der Waals surface area contributed by atoms with Crippen molar-refractivity contribution in [3.05, 3.63) is 59.7 Å². The third kappa shape index (κ3) is 4.41. The summed E-state index contributed by atoms with van der Waals surface area (Å²) >= 11 is 1.29. The third-order valence-electron chi connectivity index (χ3n) is 4.40. The normalized spacial score (nSPS) is 10.9. The minimum absolute atomic E-state index is 0.116. The number of thioether (sulfide) groups is 1. The largest absolute Gasteiger partial charge is 0.330 e. The van der Waals surface area contributed by atoms with Crippen molar-refractivity contribution in [2.24, 2.45) is 7.05 Å². The van der Waals surface area contributed by atoms with Gasteiger partial charge in [0, 0.05) is 18.3 Å². The molecule has 0 saturated heterocycles. The lowest BCUT2D eigenvalue weighted by atomic mass is 10.1. The Morgan fingerprint density at radius 2 is 1.90 bits per heavy atom. The Balaban J connectivity index is 1.42. The molecule has 4 aromatic rings. The first kappa shape index (κ1) is 19.8. The fourth-order valence-corrected chi connectivity index (χ4v) is 3.52. The Labute approximate surface area is 177 Å². The summed E-state index contributed by atoms with van der Waals surface area (Å²) in [6.07, 6.45) is 0. The van der Waals surface area contributed by atoms with Crippen molar-refractivity contribution in [3.63, 3.8) is 0 Å². The maximum absolute atomic E-state index is 12.2. The third-order valence-corrected chi connectivity index (χ3v) is 5.42. The van der Waals surface area contributed by atoms with Gasteiger partial charge in [0.2, 0.25) is 17.6 Å². The molecule has 4 rings (SSSR count). The number of nitrogens with one attached hydrogen (secondary N) is 1. The predicted octanol–water partition coefficient (Wildman–Crippen LogP) is 3.88. The monoisotopic (exact) mass is 420 g/mol. The molecule has 0 saturated carbocycles. The average molecular weight is 420 g/mol. The van der Waals surface area contributed by atoms with Crippen LogP contribution in [0.4, 0.5) is 5.69 Å². The van der Waals surface area contributed by atoms with E-state index < -0.39 is 0 Å². The van der Waals surface area contributed by atoms with Gasteiger partial charge in [-0.2, -0.15) is 4.98 Å². The molecule has 0 radical (unpaired) electrons. The predicted molar refractivity (Wildman–Crippen MR) is 115 cm³/mol. The summed E-state index contributed by atoms with van der Waals surface area (Å²) in [5, 5.41) is 15.8. The molecule has 0 aliphatic heterocycles. The summed E-state index contributed by atoms with van der Waals surface area (Å²) in [5.74, 6) is 1.30. The Morgan fingerprint density at radius 1 is 1.10 bits per heavy atom. The first-order chi connectivity index (χ1) is 14.5.